The molecule has 0 radical (unpaired) electrons. The molecule has 2 rings (SSSR count). The fourth-order valence-electron chi connectivity index (χ4n) is 1.31. The van der Waals surface area contributed by atoms with E-state index in [1.54, 1.807) is 0 Å². The molecule has 2 atom stereocenters. The molecule has 4 N–H and O–H groups in total. The minimum Gasteiger partial charge on any atom is -0.365 e. The summed E-state index contributed by atoms with van der Waals surface area (Å²) in [6.45, 7) is 2.45. The Bertz CT molecular complexity index is 134. The van der Waals surface area contributed by atoms with E-state index in [2.05, 4.69) is 0 Å². The topological polar surface area (TPSA) is 77.1 Å². The number of rotatable bonds is 3. The van der Waals surface area contributed by atoms with Gasteiger partial charge in [0.05, 0.1) is 13.2 Å². The number of epoxide rings is 2. The summed E-state index contributed by atoms with van der Waals surface area (Å²) < 4.78 is 10.5. The summed E-state index contributed by atoms with van der Waals surface area (Å²) in [5.41, 5.74) is 10.6. The average molecular weight is 144 g/mol. The van der Waals surface area contributed by atoms with Gasteiger partial charge in [-0.1, -0.05) is 0 Å². The van der Waals surface area contributed by atoms with Crippen molar-refractivity contribution < 1.29 is 9.47 Å². The quantitative estimate of drug-likeness (QED) is 0.470. The molecule has 2 aliphatic rings. The molecular formula is C6H12N2O2. The smallest absolute Gasteiger partial charge is 0.136 e. The molecule has 2 aliphatic heterocycles. The second-order valence-corrected chi connectivity index (χ2v) is 2.97. The van der Waals surface area contributed by atoms with Crippen LogP contribution in [0, 0.1) is 0 Å². The van der Waals surface area contributed by atoms with Gasteiger partial charge in [-0.25, -0.2) is 0 Å². The van der Waals surface area contributed by atoms with Crippen LogP contribution in [-0.4, -0.2) is 37.5 Å². The molecule has 2 unspecified atom stereocenters. The fourth-order valence-corrected chi connectivity index (χ4v) is 1.31. The first kappa shape index (κ1) is 6.54. The van der Waals surface area contributed by atoms with E-state index in [-0.39, 0.29) is 11.2 Å². The molecule has 0 aromatic heterocycles. The minimum atomic E-state index is -0.220. The Morgan fingerprint density at radius 1 is 1.00 bits per heavy atom. The van der Waals surface area contributed by atoms with Crippen LogP contribution < -0.4 is 11.5 Å². The zero-order valence-corrected chi connectivity index (χ0v) is 5.80. The molecule has 0 aliphatic carbocycles. The van der Waals surface area contributed by atoms with Crippen molar-refractivity contribution in [1.29, 1.82) is 0 Å². The molecule has 0 amide bonds. The maximum atomic E-state index is 5.51. The van der Waals surface area contributed by atoms with E-state index >= 15 is 0 Å². The van der Waals surface area contributed by atoms with Crippen LogP contribution in [0.4, 0.5) is 0 Å². The summed E-state index contributed by atoms with van der Waals surface area (Å²) in [6.07, 6.45) is 0. The number of hydrogen-bond donors (Lipinski definition) is 2. The van der Waals surface area contributed by atoms with E-state index in [9.17, 15) is 0 Å². The van der Waals surface area contributed by atoms with Crippen molar-refractivity contribution in [3.8, 4) is 0 Å². The molecule has 2 saturated heterocycles. The minimum absolute atomic E-state index is 0.220. The van der Waals surface area contributed by atoms with Gasteiger partial charge in [-0.2, -0.15) is 0 Å². The van der Waals surface area contributed by atoms with E-state index in [0.29, 0.717) is 26.3 Å². The van der Waals surface area contributed by atoms with Gasteiger partial charge < -0.3 is 20.9 Å². The van der Waals surface area contributed by atoms with E-state index in [0.717, 1.165) is 0 Å². The van der Waals surface area contributed by atoms with Gasteiger partial charge >= 0.3 is 0 Å². The van der Waals surface area contributed by atoms with Gasteiger partial charge in [0.15, 0.2) is 0 Å². The fraction of sp³-hybridized carbons (Fsp3) is 1.00. The average Bonchev–Trinajstić information content (AvgIpc) is 2.84. The third kappa shape index (κ3) is 0.594. The molecule has 0 bridgehead atoms. The lowest BCUT2D eigenvalue weighted by molar-refractivity contribution is 0.166. The molecule has 0 aromatic rings. The monoisotopic (exact) mass is 144 g/mol. The van der Waals surface area contributed by atoms with Crippen LogP contribution in [-0.2, 0) is 9.47 Å². The number of hydrogen-bond acceptors (Lipinski definition) is 4. The first-order valence-electron chi connectivity index (χ1n) is 3.47. The summed E-state index contributed by atoms with van der Waals surface area (Å²) in [7, 11) is 0. The first-order valence-corrected chi connectivity index (χ1v) is 3.47. The second-order valence-electron chi connectivity index (χ2n) is 2.97. The Kier molecular flexibility index (Phi) is 1.12. The van der Waals surface area contributed by atoms with Crippen LogP contribution in [0.2, 0.25) is 0 Å². The zero-order valence-electron chi connectivity index (χ0n) is 5.80. The predicted octanol–water partition coefficient (Wildman–Crippen LogP) is -1.56. The van der Waals surface area contributed by atoms with Crippen LogP contribution in [0.1, 0.15) is 0 Å². The maximum absolute atomic E-state index is 5.51. The Balaban J connectivity index is 2.10. The lowest BCUT2D eigenvalue weighted by Crippen LogP contribution is -2.45. The second kappa shape index (κ2) is 1.71. The highest BCUT2D eigenvalue weighted by Crippen LogP contribution is 2.47. The van der Waals surface area contributed by atoms with Crippen LogP contribution in [0.3, 0.4) is 0 Å². The Hall–Kier alpha value is -0.160. The van der Waals surface area contributed by atoms with E-state index in [4.69, 9.17) is 20.9 Å². The Morgan fingerprint density at radius 2 is 1.30 bits per heavy atom. The van der Waals surface area contributed by atoms with Gasteiger partial charge in [0.25, 0.3) is 0 Å². The largest absolute Gasteiger partial charge is 0.365 e. The van der Waals surface area contributed by atoms with Crippen molar-refractivity contribution in [2.24, 2.45) is 11.5 Å². The van der Waals surface area contributed by atoms with Crippen LogP contribution in [0.5, 0.6) is 0 Å². The third-order valence-corrected chi connectivity index (χ3v) is 2.48. The zero-order chi connectivity index (χ0) is 7.24. The summed E-state index contributed by atoms with van der Waals surface area (Å²) >= 11 is 0. The van der Waals surface area contributed by atoms with Gasteiger partial charge in [0.1, 0.15) is 11.2 Å². The molecule has 4 heteroatoms. The molecule has 0 saturated carbocycles. The lowest BCUT2D eigenvalue weighted by Gasteiger charge is -2.15. The molecule has 10 heavy (non-hydrogen) atoms. The number of ether oxygens (including phenoxy) is 2. The van der Waals surface area contributed by atoms with Crippen molar-refractivity contribution in [1.82, 2.24) is 0 Å². The van der Waals surface area contributed by atoms with Crippen molar-refractivity contribution in [3.63, 3.8) is 0 Å². The number of nitrogens with two attached hydrogens (primary N) is 2. The normalized spacial score (nSPS) is 51.0. The van der Waals surface area contributed by atoms with Crippen LogP contribution in [0.25, 0.3) is 0 Å². The molecule has 2 heterocycles. The van der Waals surface area contributed by atoms with Gasteiger partial charge in [-0.3, -0.25) is 0 Å². The van der Waals surface area contributed by atoms with Gasteiger partial charge in [-0.05, 0) is 0 Å². The van der Waals surface area contributed by atoms with Crippen molar-refractivity contribution in [2.75, 3.05) is 26.3 Å². The summed E-state index contributed by atoms with van der Waals surface area (Å²) in [4.78, 5) is 0. The van der Waals surface area contributed by atoms with E-state index in [1.807, 2.05) is 0 Å². The van der Waals surface area contributed by atoms with Gasteiger partial charge in [0, 0.05) is 13.1 Å². The van der Waals surface area contributed by atoms with Crippen molar-refractivity contribution in [2.45, 2.75) is 11.2 Å². The predicted molar refractivity (Wildman–Crippen MR) is 35.5 cm³/mol. The molecule has 0 spiro atoms. The molecular weight excluding hydrogens is 132 g/mol. The van der Waals surface area contributed by atoms with E-state index in [1.165, 1.54) is 0 Å². The van der Waals surface area contributed by atoms with Gasteiger partial charge in [0.2, 0.25) is 0 Å². The summed E-state index contributed by atoms with van der Waals surface area (Å²) in [5, 5.41) is 0. The molecule has 0 aromatic carbocycles. The Morgan fingerprint density at radius 3 is 1.40 bits per heavy atom. The highest BCUT2D eigenvalue weighted by molar-refractivity contribution is 5.18. The highest BCUT2D eigenvalue weighted by atomic mass is 16.7. The molecule has 4 nitrogen and oxygen atoms in total. The van der Waals surface area contributed by atoms with Crippen molar-refractivity contribution >= 4 is 0 Å². The molecule has 58 valence electrons. The lowest BCUT2D eigenvalue weighted by atomic mass is 9.94. The van der Waals surface area contributed by atoms with Crippen LogP contribution >= 0.6 is 0 Å². The SMILES string of the molecule is NCC1(C2(CN)CO2)CO1. The Labute approximate surface area is 59.5 Å². The maximum Gasteiger partial charge on any atom is 0.136 e. The molecule has 2 fully saturated rings. The highest BCUT2D eigenvalue weighted by Gasteiger charge is 2.68. The van der Waals surface area contributed by atoms with Crippen LogP contribution in [0.15, 0.2) is 0 Å². The standard InChI is InChI=1S/C6H12N2O2/c7-1-5(3-9-5)6(2-8)4-10-6/h1-4,7-8H2. The summed E-state index contributed by atoms with van der Waals surface area (Å²) in [6, 6.07) is 0. The third-order valence-electron chi connectivity index (χ3n) is 2.48. The van der Waals surface area contributed by atoms with E-state index < -0.39 is 0 Å². The van der Waals surface area contributed by atoms with Crippen molar-refractivity contribution in [3.05, 3.63) is 0 Å². The first-order chi connectivity index (χ1) is 4.79. The van der Waals surface area contributed by atoms with Gasteiger partial charge in [-0.15, -0.1) is 0 Å². The summed E-state index contributed by atoms with van der Waals surface area (Å²) in [5.74, 6) is 0.